The Morgan fingerprint density at radius 1 is 1.07 bits per heavy atom. The first-order valence-electron chi connectivity index (χ1n) is 16.4. The van der Waals surface area contributed by atoms with Gasteiger partial charge in [-0.1, -0.05) is 53.9 Å². The summed E-state index contributed by atoms with van der Waals surface area (Å²) >= 11 is 0. The van der Waals surface area contributed by atoms with Crippen molar-refractivity contribution < 1.29 is 37.1 Å². The van der Waals surface area contributed by atoms with Crippen molar-refractivity contribution in [2.45, 2.75) is 103 Å². The van der Waals surface area contributed by atoms with Crippen LogP contribution in [0.1, 0.15) is 96.8 Å². The van der Waals surface area contributed by atoms with E-state index >= 15 is 0 Å². The number of hydrogen-bond acceptors (Lipinski definition) is 8. The molecule has 1 aromatic rings. The SMILES string of the molecule is CCOC(=O)c1ccc(S(=O)(=O)N[C@H](C(=O)N2C[C@]3(C[C@H]2C(=O)CC(CC2CCC2)C(=O)C(N)=O)C[C@H]3C(C)C)C(C)(C)C)cc1. The zero-order valence-corrected chi connectivity index (χ0v) is 28.7. The number of ketones is 2. The number of benzene rings is 1. The summed E-state index contributed by atoms with van der Waals surface area (Å²) < 4.78 is 34.7. The minimum atomic E-state index is -4.23. The average Bonchev–Trinajstić information content (AvgIpc) is 3.53. The van der Waals surface area contributed by atoms with Crippen molar-refractivity contribution in [2.75, 3.05) is 13.2 Å². The van der Waals surface area contributed by atoms with Gasteiger partial charge in [-0.25, -0.2) is 13.2 Å². The van der Waals surface area contributed by atoms with Crippen molar-refractivity contribution >= 4 is 39.4 Å². The number of nitrogens with zero attached hydrogens (tertiary/aromatic N) is 1. The Bertz CT molecular complexity index is 1460. The molecule has 3 aliphatic rings. The van der Waals surface area contributed by atoms with E-state index in [2.05, 4.69) is 18.6 Å². The van der Waals surface area contributed by atoms with Crippen molar-refractivity contribution in [1.29, 1.82) is 0 Å². The maximum absolute atomic E-state index is 14.4. The molecule has 46 heavy (non-hydrogen) atoms. The normalized spacial score (nSPS) is 24.4. The van der Waals surface area contributed by atoms with Crippen LogP contribution in [0, 0.1) is 34.5 Å². The zero-order chi connectivity index (χ0) is 34.2. The molecule has 0 radical (unpaired) electrons. The van der Waals surface area contributed by atoms with Crippen molar-refractivity contribution in [2.24, 2.45) is 40.2 Å². The lowest BCUT2D eigenvalue weighted by Gasteiger charge is -2.35. The van der Waals surface area contributed by atoms with Gasteiger partial charge in [-0.15, -0.1) is 0 Å². The number of likely N-dealkylation sites (tertiary alicyclic amines) is 1. The van der Waals surface area contributed by atoms with E-state index in [-0.39, 0.29) is 40.6 Å². The van der Waals surface area contributed by atoms with Crippen molar-refractivity contribution in [3.8, 4) is 0 Å². The molecule has 11 nitrogen and oxygen atoms in total. The molecule has 2 saturated carbocycles. The number of amides is 2. The van der Waals surface area contributed by atoms with Crippen LogP contribution in [-0.4, -0.2) is 67.9 Å². The van der Waals surface area contributed by atoms with E-state index in [1.807, 2.05) is 0 Å². The predicted molar refractivity (Wildman–Crippen MR) is 171 cm³/mol. The maximum atomic E-state index is 14.4. The molecule has 3 fully saturated rings. The van der Waals surface area contributed by atoms with E-state index in [9.17, 15) is 32.4 Å². The van der Waals surface area contributed by atoms with Crippen LogP contribution in [0.15, 0.2) is 29.2 Å². The number of hydrogen-bond donors (Lipinski definition) is 2. The van der Waals surface area contributed by atoms with Crippen molar-refractivity contribution in [3.63, 3.8) is 0 Å². The van der Waals surface area contributed by atoms with Gasteiger partial charge in [0.05, 0.1) is 23.1 Å². The molecule has 2 aliphatic carbocycles. The summed E-state index contributed by atoms with van der Waals surface area (Å²) in [5.74, 6) is -3.15. The smallest absolute Gasteiger partial charge is 0.338 e. The summed E-state index contributed by atoms with van der Waals surface area (Å²) in [4.78, 5) is 66.5. The summed E-state index contributed by atoms with van der Waals surface area (Å²) in [6.45, 7) is 11.6. The van der Waals surface area contributed by atoms with E-state index < -0.39 is 57.0 Å². The summed E-state index contributed by atoms with van der Waals surface area (Å²) in [5, 5.41) is 0. The molecular weight excluding hydrogens is 610 g/mol. The van der Waals surface area contributed by atoms with Gasteiger partial charge in [0.15, 0.2) is 5.78 Å². The van der Waals surface area contributed by atoms with Crippen molar-refractivity contribution in [1.82, 2.24) is 9.62 Å². The second kappa shape index (κ2) is 13.5. The third-order valence-electron chi connectivity index (χ3n) is 10.1. The lowest BCUT2D eigenvalue weighted by Crippen LogP contribution is -2.56. The first-order valence-corrected chi connectivity index (χ1v) is 17.8. The van der Waals surface area contributed by atoms with Gasteiger partial charge in [0.1, 0.15) is 6.04 Å². The first kappa shape index (κ1) is 35.7. The second-order valence-corrected chi connectivity index (χ2v) is 16.6. The third kappa shape index (κ3) is 7.70. The topological polar surface area (TPSA) is 170 Å². The van der Waals surface area contributed by atoms with Gasteiger partial charge in [-0.2, -0.15) is 4.72 Å². The number of carbonyl (C=O) groups is 5. The molecule has 1 saturated heterocycles. The summed E-state index contributed by atoms with van der Waals surface area (Å²) in [5.41, 5.74) is 4.42. The molecule has 0 bridgehead atoms. The number of nitrogens with two attached hydrogens (primary N) is 1. The number of rotatable bonds is 14. The number of sulfonamides is 1. The van der Waals surface area contributed by atoms with Gasteiger partial charge in [0.2, 0.25) is 21.7 Å². The Kier molecular flexibility index (Phi) is 10.5. The van der Waals surface area contributed by atoms with Gasteiger partial charge < -0.3 is 15.4 Å². The Hall–Kier alpha value is -3.12. The highest BCUT2D eigenvalue weighted by atomic mass is 32.2. The number of carbonyl (C=O) groups excluding carboxylic acids is 5. The first-order chi connectivity index (χ1) is 21.4. The molecule has 254 valence electrons. The van der Waals surface area contributed by atoms with Gasteiger partial charge in [0, 0.05) is 18.9 Å². The lowest BCUT2D eigenvalue weighted by molar-refractivity contribution is -0.143. The van der Waals surface area contributed by atoms with Crippen LogP contribution in [0.5, 0.6) is 0 Å². The van der Waals surface area contributed by atoms with E-state index in [4.69, 9.17) is 10.5 Å². The third-order valence-corrected chi connectivity index (χ3v) is 11.6. The molecule has 0 aromatic heterocycles. The highest BCUT2D eigenvalue weighted by Gasteiger charge is 2.63. The Balaban J connectivity index is 1.61. The maximum Gasteiger partial charge on any atom is 0.338 e. The molecule has 2 amide bonds. The molecule has 1 spiro atoms. The molecule has 1 aliphatic heterocycles. The fraction of sp³-hybridized carbons (Fsp3) is 0.676. The second-order valence-electron chi connectivity index (χ2n) is 14.9. The van der Waals surface area contributed by atoms with E-state index in [0.717, 1.165) is 25.7 Å². The van der Waals surface area contributed by atoms with Crippen LogP contribution in [0.4, 0.5) is 0 Å². The van der Waals surface area contributed by atoms with Crippen molar-refractivity contribution in [3.05, 3.63) is 29.8 Å². The Morgan fingerprint density at radius 3 is 2.17 bits per heavy atom. The van der Waals surface area contributed by atoms with Gasteiger partial charge in [-0.3, -0.25) is 19.2 Å². The molecule has 4 rings (SSSR count). The molecule has 3 N–H and O–H groups in total. The standard InChI is InChI=1S/C34H49N3O8S/c1-7-45-32(42)22-11-13-24(14-12-22)46(43,44)36-29(33(4,5)6)31(41)37-19-34(17-25(34)20(2)3)18-26(37)27(38)16-23(28(39)30(35)40)15-21-9-8-10-21/h11-14,20-21,23,25-26,29,36H,7-10,15-19H2,1-6H3,(H2,35,40)/t23?,25-,26-,29+,34+/m0/s1. The number of ether oxygens (including phenoxy) is 1. The number of Topliss-reactive ketones (excluding diaryl/α,β-unsaturated/α-hetero) is 2. The van der Waals surface area contributed by atoms with Gasteiger partial charge in [0.25, 0.3) is 5.91 Å². The average molecular weight is 660 g/mol. The van der Waals surface area contributed by atoms with E-state index in [1.165, 1.54) is 29.2 Å². The predicted octanol–water partition coefficient (Wildman–Crippen LogP) is 3.64. The van der Waals surface area contributed by atoms with E-state index in [1.54, 1.807) is 27.7 Å². The Morgan fingerprint density at radius 2 is 1.70 bits per heavy atom. The van der Waals surface area contributed by atoms with Crippen LogP contribution in [0.3, 0.4) is 0 Å². The molecule has 1 unspecified atom stereocenters. The van der Waals surface area contributed by atoms with Crippen LogP contribution in [0.2, 0.25) is 0 Å². The van der Waals surface area contributed by atoms with Crippen LogP contribution < -0.4 is 10.5 Å². The van der Waals surface area contributed by atoms with E-state index in [0.29, 0.717) is 31.2 Å². The quantitative estimate of drug-likeness (QED) is 0.225. The molecule has 12 heteroatoms. The van der Waals surface area contributed by atoms with Crippen LogP contribution in [0.25, 0.3) is 0 Å². The number of primary amides is 1. The zero-order valence-electron chi connectivity index (χ0n) is 27.8. The Labute approximate surface area is 272 Å². The fourth-order valence-corrected chi connectivity index (χ4v) is 8.63. The summed E-state index contributed by atoms with van der Waals surface area (Å²) in [6.07, 6.45) is 4.41. The van der Waals surface area contributed by atoms with Gasteiger partial charge in [-0.05, 0) is 79.0 Å². The molecular formula is C34H49N3O8S. The molecule has 1 heterocycles. The number of esters is 1. The number of nitrogens with one attached hydrogen (secondary N) is 1. The molecule has 5 atom stereocenters. The summed E-state index contributed by atoms with van der Waals surface area (Å²) in [6, 6.07) is 3.20. The fourth-order valence-electron chi connectivity index (χ4n) is 7.23. The largest absolute Gasteiger partial charge is 0.462 e. The highest BCUT2D eigenvalue weighted by Crippen LogP contribution is 2.63. The summed E-state index contributed by atoms with van der Waals surface area (Å²) in [7, 11) is -4.23. The van der Waals surface area contributed by atoms with Crippen LogP contribution in [-0.2, 0) is 33.9 Å². The lowest BCUT2D eigenvalue weighted by atomic mass is 9.76. The highest BCUT2D eigenvalue weighted by molar-refractivity contribution is 7.89. The van der Waals surface area contributed by atoms with Crippen LogP contribution >= 0.6 is 0 Å². The molecule has 1 aromatic carbocycles. The minimum Gasteiger partial charge on any atom is -0.462 e. The minimum absolute atomic E-state index is 0.126. The van der Waals surface area contributed by atoms with Gasteiger partial charge >= 0.3 is 5.97 Å². The monoisotopic (exact) mass is 659 g/mol.